The van der Waals surface area contributed by atoms with E-state index in [-0.39, 0.29) is 0 Å². The Morgan fingerprint density at radius 3 is 2.61 bits per heavy atom. The van der Waals surface area contributed by atoms with E-state index in [0.717, 1.165) is 5.92 Å². The van der Waals surface area contributed by atoms with Crippen molar-refractivity contribution < 1.29 is 0 Å². The standard InChI is InChI=1S/C16H24BrN/c1-18-16(14-9-5-6-10-15(14)17)12-11-13-7-3-2-4-8-13/h5-6,9-10,13,16,18H,2-4,7-8,11-12H2,1H3. The van der Waals surface area contributed by atoms with Crippen LogP contribution in [0.2, 0.25) is 0 Å². The lowest BCUT2D eigenvalue weighted by Gasteiger charge is -2.24. The monoisotopic (exact) mass is 309 g/mol. The van der Waals surface area contributed by atoms with Crippen molar-refractivity contribution in [2.24, 2.45) is 5.92 Å². The minimum atomic E-state index is 0.488. The van der Waals surface area contributed by atoms with Crippen LogP contribution in [-0.2, 0) is 0 Å². The lowest BCUT2D eigenvalue weighted by Crippen LogP contribution is -2.18. The van der Waals surface area contributed by atoms with E-state index in [9.17, 15) is 0 Å². The van der Waals surface area contributed by atoms with E-state index in [1.54, 1.807) is 0 Å². The molecule has 2 rings (SSSR count). The van der Waals surface area contributed by atoms with Crippen molar-refractivity contribution in [2.75, 3.05) is 7.05 Å². The fourth-order valence-electron chi connectivity index (χ4n) is 3.09. The number of hydrogen-bond donors (Lipinski definition) is 1. The zero-order chi connectivity index (χ0) is 12.8. The number of nitrogens with one attached hydrogen (secondary N) is 1. The molecule has 1 aliphatic carbocycles. The molecule has 0 radical (unpaired) electrons. The third-order valence-corrected chi connectivity index (χ3v) is 4.94. The summed E-state index contributed by atoms with van der Waals surface area (Å²) in [5, 5.41) is 3.47. The molecule has 1 atom stereocenters. The largest absolute Gasteiger partial charge is 0.313 e. The molecule has 0 saturated heterocycles. The van der Waals surface area contributed by atoms with Crippen LogP contribution in [0.1, 0.15) is 56.6 Å². The summed E-state index contributed by atoms with van der Waals surface area (Å²) >= 11 is 3.66. The first-order valence-electron chi connectivity index (χ1n) is 7.23. The highest BCUT2D eigenvalue weighted by Gasteiger charge is 2.17. The zero-order valence-corrected chi connectivity index (χ0v) is 12.9. The van der Waals surface area contributed by atoms with Gasteiger partial charge >= 0.3 is 0 Å². The lowest BCUT2D eigenvalue weighted by molar-refractivity contribution is 0.317. The van der Waals surface area contributed by atoms with E-state index < -0.39 is 0 Å². The predicted octanol–water partition coefficient (Wildman–Crippen LogP) is 5.07. The summed E-state index contributed by atoms with van der Waals surface area (Å²) in [6, 6.07) is 9.07. The van der Waals surface area contributed by atoms with Crippen LogP contribution >= 0.6 is 15.9 Å². The Labute approximate surface area is 119 Å². The van der Waals surface area contributed by atoms with E-state index in [4.69, 9.17) is 0 Å². The number of hydrogen-bond acceptors (Lipinski definition) is 1. The summed E-state index contributed by atoms with van der Waals surface area (Å²) in [7, 11) is 2.07. The maximum absolute atomic E-state index is 3.66. The van der Waals surface area contributed by atoms with Gasteiger partial charge in [0.15, 0.2) is 0 Å². The fourth-order valence-corrected chi connectivity index (χ4v) is 3.65. The number of halogens is 1. The Morgan fingerprint density at radius 2 is 1.94 bits per heavy atom. The smallest absolute Gasteiger partial charge is 0.0328 e. The molecule has 100 valence electrons. The maximum Gasteiger partial charge on any atom is 0.0328 e. The van der Waals surface area contributed by atoms with Gasteiger partial charge in [0.25, 0.3) is 0 Å². The highest BCUT2D eigenvalue weighted by atomic mass is 79.9. The normalized spacial score (nSPS) is 18.8. The van der Waals surface area contributed by atoms with Crippen molar-refractivity contribution in [3.05, 3.63) is 34.3 Å². The molecule has 0 heterocycles. The van der Waals surface area contributed by atoms with Crippen molar-refractivity contribution in [3.63, 3.8) is 0 Å². The first-order valence-corrected chi connectivity index (χ1v) is 8.02. The van der Waals surface area contributed by atoms with Gasteiger partial charge in [0.1, 0.15) is 0 Å². The first kappa shape index (κ1) is 14.1. The highest BCUT2D eigenvalue weighted by molar-refractivity contribution is 9.10. The molecule has 1 aromatic rings. The van der Waals surface area contributed by atoms with Gasteiger partial charge in [0, 0.05) is 10.5 Å². The molecule has 0 aromatic heterocycles. The molecular formula is C16H24BrN. The molecule has 0 spiro atoms. The SMILES string of the molecule is CNC(CCC1CCCCC1)c1ccccc1Br. The molecule has 1 aromatic carbocycles. The molecular weight excluding hydrogens is 286 g/mol. The van der Waals surface area contributed by atoms with E-state index >= 15 is 0 Å². The molecule has 1 unspecified atom stereocenters. The van der Waals surface area contributed by atoms with Gasteiger partial charge in [-0.2, -0.15) is 0 Å². The Bertz CT molecular complexity index is 358. The molecule has 1 aliphatic rings. The topological polar surface area (TPSA) is 12.0 Å². The van der Waals surface area contributed by atoms with Gasteiger partial charge in [-0.1, -0.05) is 66.2 Å². The third-order valence-electron chi connectivity index (χ3n) is 4.22. The lowest BCUT2D eigenvalue weighted by atomic mass is 9.84. The molecule has 0 aliphatic heterocycles. The van der Waals surface area contributed by atoms with Crippen molar-refractivity contribution in [1.82, 2.24) is 5.32 Å². The Balaban J connectivity index is 1.91. The van der Waals surface area contributed by atoms with Crippen LogP contribution in [0.3, 0.4) is 0 Å². The third kappa shape index (κ3) is 3.83. The van der Waals surface area contributed by atoms with Crippen LogP contribution in [0.15, 0.2) is 28.7 Å². The van der Waals surface area contributed by atoms with E-state index in [2.05, 4.69) is 52.6 Å². The van der Waals surface area contributed by atoms with E-state index in [0.29, 0.717) is 6.04 Å². The van der Waals surface area contributed by atoms with Gasteiger partial charge in [-0.05, 0) is 37.4 Å². The summed E-state index contributed by atoms with van der Waals surface area (Å²) in [6.45, 7) is 0. The first-order chi connectivity index (χ1) is 8.81. The summed E-state index contributed by atoms with van der Waals surface area (Å²) in [6.07, 6.45) is 9.87. The van der Waals surface area contributed by atoms with Crippen LogP contribution < -0.4 is 5.32 Å². The average molecular weight is 310 g/mol. The zero-order valence-electron chi connectivity index (χ0n) is 11.3. The van der Waals surface area contributed by atoms with Crippen molar-refractivity contribution >= 4 is 15.9 Å². The molecule has 0 amide bonds. The van der Waals surface area contributed by atoms with Crippen LogP contribution in [0, 0.1) is 5.92 Å². The summed E-state index contributed by atoms with van der Waals surface area (Å²) in [5.41, 5.74) is 1.40. The number of benzene rings is 1. The quantitative estimate of drug-likeness (QED) is 0.800. The summed E-state index contributed by atoms with van der Waals surface area (Å²) in [5.74, 6) is 0.970. The second kappa shape index (κ2) is 7.30. The average Bonchev–Trinajstić information content (AvgIpc) is 2.42. The van der Waals surface area contributed by atoms with Crippen molar-refractivity contribution in [2.45, 2.75) is 51.0 Å². The predicted molar refractivity (Wildman–Crippen MR) is 81.8 cm³/mol. The number of rotatable bonds is 5. The maximum atomic E-state index is 3.66. The van der Waals surface area contributed by atoms with Gasteiger partial charge in [0.05, 0.1) is 0 Å². The molecule has 1 nitrogen and oxygen atoms in total. The molecule has 18 heavy (non-hydrogen) atoms. The minimum Gasteiger partial charge on any atom is -0.313 e. The second-order valence-corrected chi connectivity index (χ2v) is 6.30. The molecule has 0 bridgehead atoms. The molecule has 1 saturated carbocycles. The Kier molecular flexibility index (Phi) is 5.71. The van der Waals surface area contributed by atoms with Gasteiger partial charge in [-0.3, -0.25) is 0 Å². The molecule has 1 N–H and O–H groups in total. The van der Waals surface area contributed by atoms with Crippen molar-refractivity contribution in [3.8, 4) is 0 Å². The van der Waals surface area contributed by atoms with Gasteiger partial charge in [0.2, 0.25) is 0 Å². The second-order valence-electron chi connectivity index (χ2n) is 5.44. The van der Waals surface area contributed by atoms with Crippen LogP contribution in [0.25, 0.3) is 0 Å². The van der Waals surface area contributed by atoms with Gasteiger partial charge < -0.3 is 5.32 Å². The van der Waals surface area contributed by atoms with Gasteiger partial charge in [-0.15, -0.1) is 0 Å². The Hall–Kier alpha value is -0.340. The van der Waals surface area contributed by atoms with Crippen molar-refractivity contribution in [1.29, 1.82) is 0 Å². The minimum absolute atomic E-state index is 0.488. The van der Waals surface area contributed by atoms with Gasteiger partial charge in [-0.25, -0.2) is 0 Å². The van der Waals surface area contributed by atoms with E-state index in [1.807, 2.05) is 0 Å². The van der Waals surface area contributed by atoms with Crippen LogP contribution in [0.5, 0.6) is 0 Å². The molecule has 1 fully saturated rings. The highest BCUT2D eigenvalue weighted by Crippen LogP contribution is 2.32. The summed E-state index contributed by atoms with van der Waals surface area (Å²) < 4.78 is 1.23. The van der Waals surface area contributed by atoms with Crippen LogP contribution in [0.4, 0.5) is 0 Å². The van der Waals surface area contributed by atoms with Crippen LogP contribution in [-0.4, -0.2) is 7.05 Å². The Morgan fingerprint density at radius 1 is 1.22 bits per heavy atom. The molecule has 2 heteroatoms. The van der Waals surface area contributed by atoms with E-state index in [1.165, 1.54) is 55.0 Å². The fraction of sp³-hybridized carbons (Fsp3) is 0.625. The summed E-state index contributed by atoms with van der Waals surface area (Å²) in [4.78, 5) is 0.